The molecule has 0 spiro atoms. The maximum Gasteiger partial charge on any atom is 0.271 e. The number of likely N-dealkylation sites (N-methyl/N-ethyl adjacent to an activating group) is 1. The lowest BCUT2D eigenvalue weighted by Crippen LogP contribution is -2.45. The minimum Gasteiger partial charge on any atom is -0.355 e. The lowest BCUT2D eigenvalue weighted by Gasteiger charge is -2.33. The first-order chi connectivity index (χ1) is 13.4. The zero-order valence-electron chi connectivity index (χ0n) is 16.3. The van der Waals surface area contributed by atoms with Gasteiger partial charge in [-0.2, -0.15) is 4.68 Å². The third-order valence-electron chi connectivity index (χ3n) is 4.81. The second-order valence-electron chi connectivity index (χ2n) is 7.30. The van der Waals surface area contributed by atoms with E-state index in [9.17, 15) is 9.59 Å². The zero-order valence-corrected chi connectivity index (χ0v) is 17.0. The molecule has 2 heterocycles. The van der Waals surface area contributed by atoms with Gasteiger partial charge in [-0.05, 0) is 51.2 Å². The molecule has 2 aromatic rings. The highest BCUT2D eigenvalue weighted by molar-refractivity contribution is 6.30. The number of carbonyl (C=O) groups is 1. The molecule has 1 saturated heterocycles. The fourth-order valence-electron chi connectivity index (χ4n) is 3.31. The van der Waals surface area contributed by atoms with Crippen LogP contribution >= 0.6 is 11.6 Å². The number of hydrogen-bond donors (Lipinski definition) is 1. The van der Waals surface area contributed by atoms with Crippen LogP contribution in [0.25, 0.3) is 5.69 Å². The molecule has 28 heavy (non-hydrogen) atoms. The minimum atomic E-state index is -0.221. The van der Waals surface area contributed by atoms with Gasteiger partial charge in [0.1, 0.15) is 5.82 Å². The summed E-state index contributed by atoms with van der Waals surface area (Å²) in [5.74, 6) is 0.685. The second kappa shape index (κ2) is 9.21. The van der Waals surface area contributed by atoms with E-state index in [0.717, 1.165) is 25.9 Å². The van der Waals surface area contributed by atoms with Crippen molar-refractivity contribution in [1.82, 2.24) is 20.0 Å². The summed E-state index contributed by atoms with van der Waals surface area (Å²) >= 11 is 6.05. The number of rotatable bonds is 6. The van der Waals surface area contributed by atoms with Crippen LogP contribution in [-0.2, 0) is 4.79 Å². The average molecular weight is 404 g/mol. The first-order valence-corrected chi connectivity index (χ1v) is 9.85. The third-order valence-corrected chi connectivity index (χ3v) is 5.05. The Kier molecular flexibility index (Phi) is 6.70. The van der Waals surface area contributed by atoms with Crippen molar-refractivity contribution in [3.8, 4) is 5.69 Å². The number of hydrogen-bond acceptors (Lipinski definition) is 5. The van der Waals surface area contributed by atoms with Gasteiger partial charge in [0.15, 0.2) is 0 Å². The van der Waals surface area contributed by atoms with E-state index in [2.05, 4.69) is 15.3 Å². The van der Waals surface area contributed by atoms with Crippen LogP contribution in [0.5, 0.6) is 0 Å². The quantitative estimate of drug-likeness (QED) is 0.796. The van der Waals surface area contributed by atoms with Gasteiger partial charge in [0, 0.05) is 37.3 Å². The average Bonchev–Trinajstić information content (AvgIpc) is 2.68. The Hall–Kier alpha value is -2.38. The van der Waals surface area contributed by atoms with Crippen molar-refractivity contribution in [2.45, 2.75) is 12.8 Å². The van der Waals surface area contributed by atoms with E-state index < -0.39 is 0 Å². The van der Waals surface area contributed by atoms with Gasteiger partial charge >= 0.3 is 0 Å². The molecule has 1 amide bonds. The van der Waals surface area contributed by atoms with Crippen molar-refractivity contribution in [2.75, 3.05) is 45.2 Å². The number of halogens is 1. The Balaban J connectivity index is 1.73. The summed E-state index contributed by atoms with van der Waals surface area (Å²) in [7, 11) is 3.96. The van der Waals surface area contributed by atoms with E-state index in [4.69, 9.17) is 11.6 Å². The number of anilines is 1. The number of amides is 1. The van der Waals surface area contributed by atoms with Crippen LogP contribution in [-0.4, -0.2) is 60.9 Å². The maximum absolute atomic E-state index is 12.5. The number of nitrogens with one attached hydrogen (secondary N) is 1. The normalized spacial score (nSPS) is 17.0. The van der Waals surface area contributed by atoms with Gasteiger partial charge in [0.2, 0.25) is 5.91 Å². The summed E-state index contributed by atoms with van der Waals surface area (Å²) in [6.45, 7) is 2.85. The summed E-state index contributed by atoms with van der Waals surface area (Å²) in [5, 5.41) is 8.08. The standard InChI is InChI=1S/C20H26ClN5O2/c1-24(2)12-10-22-20(28)15-5-4-11-25(14-15)18-8-9-19(27)26(23-18)17-7-3-6-16(21)13-17/h3,6-9,13,15H,4-5,10-12,14H2,1-2H3,(H,22,28)/t15-/m1/s1. The first-order valence-electron chi connectivity index (χ1n) is 9.48. The molecule has 3 rings (SSSR count). The van der Waals surface area contributed by atoms with Crippen LogP contribution in [0, 0.1) is 5.92 Å². The summed E-state index contributed by atoms with van der Waals surface area (Å²) in [5.41, 5.74) is 0.398. The lowest BCUT2D eigenvalue weighted by molar-refractivity contribution is -0.125. The van der Waals surface area contributed by atoms with Gasteiger partial charge in [-0.25, -0.2) is 0 Å². The second-order valence-corrected chi connectivity index (χ2v) is 7.74. The summed E-state index contributed by atoms with van der Waals surface area (Å²) in [6.07, 6.45) is 1.77. The molecule has 1 aliphatic rings. The topological polar surface area (TPSA) is 70.5 Å². The largest absolute Gasteiger partial charge is 0.355 e. The highest BCUT2D eigenvalue weighted by atomic mass is 35.5. The zero-order chi connectivity index (χ0) is 20.1. The summed E-state index contributed by atoms with van der Waals surface area (Å²) < 4.78 is 1.35. The van der Waals surface area contributed by atoms with Gasteiger partial charge in [-0.15, -0.1) is 5.10 Å². The molecule has 0 radical (unpaired) electrons. The van der Waals surface area contributed by atoms with Crippen LogP contribution in [0.1, 0.15) is 12.8 Å². The molecule has 8 heteroatoms. The molecule has 1 aliphatic heterocycles. The van der Waals surface area contributed by atoms with Crippen molar-refractivity contribution < 1.29 is 4.79 Å². The molecular weight excluding hydrogens is 378 g/mol. The van der Waals surface area contributed by atoms with Crippen LogP contribution in [0.4, 0.5) is 5.82 Å². The van der Waals surface area contributed by atoms with Crippen LogP contribution in [0.15, 0.2) is 41.2 Å². The summed E-state index contributed by atoms with van der Waals surface area (Å²) in [6, 6.07) is 10.3. The molecular formula is C20H26ClN5O2. The van der Waals surface area contributed by atoms with Crippen molar-refractivity contribution in [2.24, 2.45) is 5.92 Å². The van der Waals surface area contributed by atoms with Crippen molar-refractivity contribution in [3.05, 3.63) is 51.8 Å². The van der Waals surface area contributed by atoms with Crippen molar-refractivity contribution in [3.63, 3.8) is 0 Å². The van der Waals surface area contributed by atoms with E-state index in [0.29, 0.717) is 29.6 Å². The first kappa shape index (κ1) is 20.4. The molecule has 150 valence electrons. The Labute approximate surface area is 169 Å². The molecule has 1 fully saturated rings. The van der Waals surface area contributed by atoms with E-state index >= 15 is 0 Å². The molecule has 0 saturated carbocycles. The number of piperidine rings is 1. The molecule has 0 unspecified atom stereocenters. The van der Waals surface area contributed by atoms with Crippen molar-refractivity contribution >= 4 is 23.3 Å². The minimum absolute atomic E-state index is 0.0784. The fraction of sp³-hybridized carbons (Fsp3) is 0.450. The van der Waals surface area contributed by atoms with Gasteiger partial charge in [0.25, 0.3) is 5.56 Å². The predicted molar refractivity (Wildman–Crippen MR) is 111 cm³/mol. The van der Waals surface area contributed by atoms with Gasteiger partial charge in [-0.1, -0.05) is 17.7 Å². The smallest absolute Gasteiger partial charge is 0.271 e. The summed E-state index contributed by atoms with van der Waals surface area (Å²) in [4.78, 5) is 28.9. The molecule has 1 atom stereocenters. The van der Waals surface area contributed by atoms with Crippen LogP contribution < -0.4 is 15.8 Å². The number of benzene rings is 1. The molecule has 1 aromatic heterocycles. The Morgan fingerprint density at radius 3 is 2.89 bits per heavy atom. The molecule has 0 bridgehead atoms. The van der Waals surface area contributed by atoms with Crippen LogP contribution in [0.2, 0.25) is 5.02 Å². The van der Waals surface area contributed by atoms with Crippen molar-refractivity contribution in [1.29, 1.82) is 0 Å². The number of carbonyl (C=O) groups excluding carboxylic acids is 1. The van der Waals surface area contributed by atoms with E-state index in [1.807, 2.05) is 19.0 Å². The van der Waals surface area contributed by atoms with Crippen LogP contribution in [0.3, 0.4) is 0 Å². The Bertz CT molecular complexity index is 883. The van der Waals surface area contributed by atoms with E-state index in [-0.39, 0.29) is 17.4 Å². The van der Waals surface area contributed by atoms with Gasteiger partial charge in [-0.3, -0.25) is 9.59 Å². The maximum atomic E-state index is 12.5. The third kappa shape index (κ3) is 5.11. The molecule has 1 aromatic carbocycles. The lowest BCUT2D eigenvalue weighted by atomic mass is 9.97. The number of nitrogens with zero attached hydrogens (tertiary/aromatic N) is 4. The molecule has 1 N–H and O–H groups in total. The molecule has 7 nitrogen and oxygen atoms in total. The fourth-order valence-corrected chi connectivity index (χ4v) is 3.49. The van der Waals surface area contributed by atoms with Gasteiger partial charge in [0.05, 0.1) is 11.6 Å². The number of aromatic nitrogens is 2. The van der Waals surface area contributed by atoms with E-state index in [1.165, 1.54) is 10.7 Å². The Morgan fingerprint density at radius 2 is 2.14 bits per heavy atom. The monoisotopic (exact) mass is 403 g/mol. The highest BCUT2D eigenvalue weighted by Crippen LogP contribution is 2.22. The predicted octanol–water partition coefficient (Wildman–Crippen LogP) is 1.78. The highest BCUT2D eigenvalue weighted by Gasteiger charge is 2.26. The Morgan fingerprint density at radius 1 is 1.32 bits per heavy atom. The van der Waals surface area contributed by atoms with Gasteiger partial charge < -0.3 is 15.1 Å². The van der Waals surface area contributed by atoms with E-state index in [1.54, 1.807) is 30.3 Å². The SMILES string of the molecule is CN(C)CCNC(=O)[C@@H]1CCCN(c2ccc(=O)n(-c3cccc(Cl)c3)n2)C1. The molecule has 0 aliphatic carbocycles.